The van der Waals surface area contributed by atoms with E-state index in [2.05, 4.69) is 5.32 Å². The fourth-order valence-corrected chi connectivity index (χ4v) is 1.05. The van der Waals surface area contributed by atoms with E-state index < -0.39 is 24.1 Å². The Hall–Kier alpha value is -2.03. The monoisotopic (exact) mass is 228 g/mol. The highest BCUT2D eigenvalue weighted by atomic mass is 19.4. The van der Waals surface area contributed by atoms with Crippen molar-refractivity contribution >= 4 is 11.6 Å². The predicted molar refractivity (Wildman–Crippen MR) is 50.3 cm³/mol. The summed E-state index contributed by atoms with van der Waals surface area (Å²) in [7, 11) is 0. The van der Waals surface area contributed by atoms with Gasteiger partial charge in [0.1, 0.15) is 6.42 Å². The Labute approximate surface area is 89.5 Å². The number of amides is 1. The zero-order valence-corrected chi connectivity index (χ0v) is 8.01. The molecule has 0 atom stereocenters. The highest BCUT2D eigenvalue weighted by molar-refractivity contribution is 5.92. The minimum Gasteiger partial charge on any atom is -0.325 e. The van der Waals surface area contributed by atoms with Crippen molar-refractivity contribution in [3.8, 4) is 6.07 Å². The first-order chi connectivity index (χ1) is 7.43. The minimum absolute atomic E-state index is 0.0232. The van der Waals surface area contributed by atoms with Crippen LogP contribution in [0.2, 0.25) is 0 Å². The second-order valence-corrected chi connectivity index (χ2v) is 2.96. The molecule has 3 nitrogen and oxygen atoms in total. The smallest absolute Gasteiger partial charge is 0.325 e. The van der Waals surface area contributed by atoms with E-state index in [4.69, 9.17) is 5.26 Å². The average Bonchev–Trinajstić information content (AvgIpc) is 2.17. The summed E-state index contributed by atoms with van der Waals surface area (Å²) in [5.74, 6) is -0.637. The van der Waals surface area contributed by atoms with Crippen LogP contribution in [0.1, 0.15) is 12.0 Å². The normalized spacial score (nSPS) is 10.6. The lowest BCUT2D eigenvalue weighted by Gasteiger charge is -2.08. The Kier molecular flexibility index (Phi) is 3.51. The fraction of sp³-hybridized carbons (Fsp3) is 0.200. The number of hydrogen-bond donors (Lipinski definition) is 1. The standard InChI is InChI=1S/C10H7F3N2O/c11-10(12,13)7-2-1-3-8(6-7)15-9(16)4-5-14/h1-3,6H,4H2,(H,15,16). The minimum atomic E-state index is -4.45. The van der Waals surface area contributed by atoms with E-state index in [0.717, 1.165) is 12.1 Å². The second kappa shape index (κ2) is 4.66. The van der Waals surface area contributed by atoms with E-state index in [9.17, 15) is 18.0 Å². The quantitative estimate of drug-likeness (QED) is 0.845. The average molecular weight is 228 g/mol. The maximum Gasteiger partial charge on any atom is 0.416 e. The zero-order chi connectivity index (χ0) is 12.2. The summed E-state index contributed by atoms with van der Waals surface area (Å²) >= 11 is 0. The number of carbonyl (C=O) groups is 1. The van der Waals surface area contributed by atoms with Crippen molar-refractivity contribution < 1.29 is 18.0 Å². The molecule has 0 heterocycles. The maximum absolute atomic E-state index is 12.3. The Morgan fingerprint density at radius 3 is 2.69 bits per heavy atom. The van der Waals surface area contributed by atoms with Crippen molar-refractivity contribution in [3.05, 3.63) is 29.8 Å². The number of halogens is 3. The van der Waals surface area contributed by atoms with Crippen molar-refractivity contribution in [2.24, 2.45) is 0 Å². The van der Waals surface area contributed by atoms with Crippen LogP contribution in [-0.2, 0) is 11.0 Å². The number of hydrogen-bond acceptors (Lipinski definition) is 2. The first-order valence-electron chi connectivity index (χ1n) is 4.27. The summed E-state index contributed by atoms with van der Waals surface area (Å²) in [6.07, 6.45) is -4.84. The number of nitriles is 1. The summed E-state index contributed by atoms with van der Waals surface area (Å²) in [6.45, 7) is 0. The van der Waals surface area contributed by atoms with E-state index in [1.165, 1.54) is 12.1 Å². The van der Waals surface area contributed by atoms with Gasteiger partial charge in [0, 0.05) is 5.69 Å². The third-order valence-electron chi connectivity index (χ3n) is 1.71. The van der Waals surface area contributed by atoms with Gasteiger partial charge in [0.25, 0.3) is 0 Å². The van der Waals surface area contributed by atoms with Crippen LogP contribution in [0.5, 0.6) is 0 Å². The molecule has 1 aromatic carbocycles. The Balaban J connectivity index is 2.84. The van der Waals surface area contributed by atoms with Crippen LogP contribution in [0.25, 0.3) is 0 Å². The molecule has 1 aromatic rings. The molecule has 0 aliphatic heterocycles. The molecule has 0 aliphatic carbocycles. The number of benzene rings is 1. The number of nitrogens with zero attached hydrogens (tertiary/aromatic N) is 1. The number of rotatable bonds is 2. The van der Waals surface area contributed by atoms with Gasteiger partial charge in [-0.25, -0.2) is 0 Å². The topological polar surface area (TPSA) is 52.9 Å². The lowest BCUT2D eigenvalue weighted by molar-refractivity contribution is -0.137. The Morgan fingerprint density at radius 2 is 2.12 bits per heavy atom. The third kappa shape index (κ3) is 3.28. The van der Waals surface area contributed by atoms with E-state index in [1.54, 1.807) is 6.07 Å². The van der Waals surface area contributed by atoms with Gasteiger partial charge in [0.2, 0.25) is 5.91 Å². The van der Waals surface area contributed by atoms with Crippen LogP contribution in [0.15, 0.2) is 24.3 Å². The van der Waals surface area contributed by atoms with Gasteiger partial charge in [0.15, 0.2) is 0 Å². The van der Waals surface area contributed by atoms with E-state index in [1.807, 2.05) is 0 Å². The SMILES string of the molecule is N#CCC(=O)Nc1cccc(C(F)(F)F)c1. The molecule has 84 valence electrons. The lowest BCUT2D eigenvalue weighted by Crippen LogP contribution is -2.11. The van der Waals surface area contributed by atoms with Crippen molar-refractivity contribution in [1.82, 2.24) is 0 Å². The number of alkyl halides is 3. The first-order valence-corrected chi connectivity index (χ1v) is 4.27. The third-order valence-corrected chi connectivity index (χ3v) is 1.71. The molecule has 0 fully saturated rings. The molecule has 0 aromatic heterocycles. The molecule has 0 unspecified atom stereocenters. The number of carbonyl (C=O) groups excluding carboxylic acids is 1. The number of nitrogens with one attached hydrogen (secondary N) is 1. The van der Waals surface area contributed by atoms with E-state index >= 15 is 0 Å². The lowest BCUT2D eigenvalue weighted by atomic mass is 10.2. The van der Waals surface area contributed by atoms with Crippen LogP contribution < -0.4 is 5.32 Å². The van der Waals surface area contributed by atoms with Gasteiger partial charge >= 0.3 is 6.18 Å². The van der Waals surface area contributed by atoms with Gasteiger partial charge < -0.3 is 5.32 Å². The molecule has 16 heavy (non-hydrogen) atoms. The maximum atomic E-state index is 12.3. The highest BCUT2D eigenvalue weighted by Gasteiger charge is 2.30. The zero-order valence-electron chi connectivity index (χ0n) is 8.01. The van der Waals surface area contributed by atoms with Crippen molar-refractivity contribution in [3.63, 3.8) is 0 Å². The van der Waals surface area contributed by atoms with Gasteiger partial charge in [-0.15, -0.1) is 0 Å². The van der Waals surface area contributed by atoms with E-state index in [0.29, 0.717) is 0 Å². The Morgan fingerprint density at radius 1 is 1.44 bits per heavy atom. The largest absolute Gasteiger partial charge is 0.416 e. The molecule has 1 amide bonds. The molecule has 0 aliphatic rings. The van der Waals surface area contributed by atoms with Crippen LogP contribution in [-0.4, -0.2) is 5.91 Å². The van der Waals surface area contributed by atoms with Crippen molar-refractivity contribution in [2.45, 2.75) is 12.6 Å². The molecule has 1 N–H and O–H groups in total. The highest BCUT2D eigenvalue weighted by Crippen LogP contribution is 2.30. The first kappa shape index (κ1) is 12.0. The van der Waals surface area contributed by atoms with Gasteiger partial charge in [-0.1, -0.05) is 6.07 Å². The molecule has 0 bridgehead atoms. The molecule has 1 rings (SSSR count). The van der Waals surface area contributed by atoms with E-state index in [-0.39, 0.29) is 5.69 Å². The Bertz CT molecular complexity index is 434. The second-order valence-electron chi connectivity index (χ2n) is 2.96. The molecule has 0 radical (unpaired) electrons. The molecular formula is C10H7F3N2O. The van der Waals surface area contributed by atoms with Gasteiger partial charge in [-0.3, -0.25) is 4.79 Å². The van der Waals surface area contributed by atoms with Gasteiger partial charge in [-0.05, 0) is 18.2 Å². The molecule has 6 heteroatoms. The molecule has 0 saturated carbocycles. The summed E-state index contributed by atoms with van der Waals surface area (Å²) in [4.78, 5) is 11.0. The van der Waals surface area contributed by atoms with Gasteiger partial charge in [0.05, 0.1) is 11.6 Å². The summed E-state index contributed by atoms with van der Waals surface area (Å²) < 4.78 is 36.9. The van der Waals surface area contributed by atoms with Crippen molar-refractivity contribution in [2.75, 3.05) is 5.32 Å². The molecule has 0 saturated heterocycles. The summed E-state index contributed by atoms with van der Waals surface area (Å²) in [6, 6.07) is 5.83. The van der Waals surface area contributed by atoms with Crippen molar-refractivity contribution in [1.29, 1.82) is 5.26 Å². The van der Waals surface area contributed by atoms with Crippen LogP contribution in [0.4, 0.5) is 18.9 Å². The van der Waals surface area contributed by atoms with Crippen LogP contribution in [0, 0.1) is 11.3 Å². The predicted octanol–water partition coefficient (Wildman–Crippen LogP) is 2.56. The van der Waals surface area contributed by atoms with Crippen LogP contribution >= 0.6 is 0 Å². The molecule has 0 spiro atoms. The van der Waals surface area contributed by atoms with Gasteiger partial charge in [-0.2, -0.15) is 18.4 Å². The summed E-state index contributed by atoms with van der Waals surface area (Å²) in [5.41, 5.74) is -0.822. The number of anilines is 1. The fourth-order valence-electron chi connectivity index (χ4n) is 1.05. The summed E-state index contributed by atoms with van der Waals surface area (Å²) in [5, 5.41) is 10.4. The van der Waals surface area contributed by atoms with Crippen LogP contribution in [0.3, 0.4) is 0 Å². The molecular weight excluding hydrogens is 221 g/mol.